The molecule has 0 radical (unpaired) electrons. The molecule has 0 saturated carbocycles. The van der Waals surface area contributed by atoms with E-state index in [1.807, 2.05) is 4.90 Å². The number of ether oxygens (including phenoxy) is 2. The van der Waals surface area contributed by atoms with Crippen molar-refractivity contribution in [3.63, 3.8) is 0 Å². The molecule has 1 rings (SSSR count). The standard InChI is InChI=1S/C10H13BrF3N3O2/c1-18-5-4-17(3-2-11)8-6-16-9(7-15-8)19-10(12,13)14/h6-7H,2-5H2,1H3. The van der Waals surface area contributed by atoms with E-state index in [2.05, 4.69) is 30.6 Å². The van der Waals surface area contributed by atoms with Crippen LogP contribution in [0, 0.1) is 0 Å². The van der Waals surface area contributed by atoms with Gasteiger partial charge >= 0.3 is 6.36 Å². The topological polar surface area (TPSA) is 47.5 Å². The van der Waals surface area contributed by atoms with Crippen molar-refractivity contribution in [3.05, 3.63) is 12.4 Å². The molecule has 0 aliphatic heterocycles. The van der Waals surface area contributed by atoms with Crippen LogP contribution in [0.25, 0.3) is 0 Å². The number of hydrogen-bond acceptors (Lipinski definition) is 5. The number of halogens is 4. The summed E-state index contributed by atoms with van der Waals surface area (Å²) in [5, 5.41) is 0.694. The Morgan fingerprint density at radius 3 is 2.47 bits per heavy atom. The van der Waals surface area contributed by atoms with Crippen LogP contribution in [0.2, 0.25) is 0 Å². The first-order valence-corrected chi connectivity index (χ1v) is 6.46. The third-order valence-corrected chi connectivity index (χ3v) is 2.43. The van der Waals surface area contributed by atoms with Gasteiger partial charge in [0.25, 0.3) is 0 Å². The molecule has 1 aromatic rings. The maximum Gasteiger partial charge on any atom is 0.574 e. The van der Waals surface area contributed by atoms with Gasteiger partial charge in [0, 0.05) is 25.5 Å². The van der Waals surface area contributed by atoms with Crippen molar-refractivity contribution in [3.8, 4) is 5.88 Å². The van der Waals surface area contributed by atoms with Gasteiger partial charge in [0.15, 0.2) is 0 Å². The molecule has 1 heterocycles. The van der Waals surface area contributed by atoms with Crippen LogP contribution >= 0.6 is 15.9 Å². The van der Waals surface area contributed by atoms with E-state index in [-0.39, 0.29) is 0 Å². The molecule has 0 aliphatic carbocycles. The highest BCUT2D eigenvalue weighted by Crippen LogP contribution is 2.21. The van der Waals surface area contributed by atoms with Crippen LogP contribution < -0.4 is 9.64 Å². The quantitative estimate of drug-likeness (QED) is 0.710. The van der Waals surface area contributed by atoms with Crippen molar-refractivity contribution in [2.24, 2.45) is 0 Å². The Morgan fingerprint density at radius 1 is 1.26 bits per heavy atom. The molecule has 0 fully saturated rings. The largest absolute Gasteiger partial charge is 0.574 e. The minimum Gasteiger partial charge on any atom is -0.386 e. The number of hydrogen-bond donors (Lipinski definition) is 0. The molecule has 0 N–H and O–H groups in total. The molecule has 0 saturated heterocycles. The van der Waals surface area contributed by atoms with E-state index in [0.29, 0.717) is 30.8 Å². The van der Waals surface area contributed by atoms with Gasteiger partial charge in [-0.1, -0.05) is 15.9 Å². The van der Waals surface area contributed by atoms with Gasteiger partial charge in [-0.05, 0) is 0 Å². The Morgan fingerprint density at radius 2 is 2.00 bits per heavy atom. The second kappa shape index (κ2) is 7.49. The van der Waals surface area contributed by atoms with E-state index in [1.54, 1.807) is 7.11 Å². The van der Waals surface area contributed by atoms with E-state index in [1.165, 1.54) is 6.20 Å². The smallest absolute Gasteiger partial charge is 0.386 e. The Kier molecular flexibility index (Phi) is 6.29. The van der Waals surface area contributed by atoms with Crippen LogP contribution in [0.5, 0.6) is 5.88 Å². The molecule has 5 nitrogen and oxygen atoms in total. The van der Waals surface area contributed by atoms with Gasteiger partial charge in [0.2, 0.25) is 5.88 Å². The fraction of sp³-hybridized carbons (Fsp3) is 0.600. The summed E-state index contributed by atoms with van der Waals surface area (Å²) in [7, 11) is 1.57. The van der Waals surface area contributed by atoms with Crippen molar-refractivity contribution in [1.82, 2.24) is 9.97 Å². The Bertz CT molecular complexity index is 375. The van der Waals surface area contributed by atoms with Gasteiger partial charge < -0.3 is 14.4 Å². The normalized spacial score (nSPS) is 11.4. The van der Waals surface area contributed by atoms with Crippen LogP contribution in [-0.4, -0.2) is 48.5 Å². The van der Waals surface area contributed by atoms with Crippen molar-refractivity contribution in [1.29, 1.82) is 0 Å². The molecule has 9 heteroatoms. The summed E-state index contributed by atoms with van der Waals surface area (Å²) >= 11 is 3.29. The van der Waals surface area contributed by atoms with E-state index in [0.717, 1.165) is 6.20 Å². The summed E-state index contributed by atoms with van der Waals surface area (Å²) in [5.74, 6) is -0.118. The van der Waals surface area contributed by atoms with Crippen molar-refractivity contribution >= 4 is 21.7 Å². The molecule has 0 aliphatic rings. The Hall–Kier alpha value is -1.09. The van der Waals surface area contributed by atoms with Crippen LogP contribution in [0.15, 0.2) is 12.4 Å². The lowest BCUT2D eigenvalue weighted by Crippen LogP contribution is -2.30. The summed E-state index contributed by atoms with van der Waals surface area (Å²) in [6.45, 7) is 1.68. The maximum absolute atomic E-state index is 12.0. The summed E-state index contributed by atoms with van der Waals surface area (Å²) < 4.78 is 44.5. The van der Waals surface area contributed by atoms with Crippen LogP contribution in [0.1, 0.15) is 0 Å². The summed E-state index contributed by atoms with van der Waals surface area (Å²) in [4.78, 5) is 9.31. The van der Waals surface area contributed by atoms with Gasteiger partial charge in [-0.15, -0.1) is 13.2 Å². The minimum atomic E-state index is -4.76. The molecule has 0 unspecified atom stereocenters. The van der Waals surface area contributed by atoms with Crippen LogP contribution in [0.3, 0.4) is 0 Å². The fourth-order valence-corrected chi connectivity index (χ4v) is 1.72. The lowest BCUT2D eigenvalue weighted by molar-refractivity contribution is -0.276. The predicted octanol–water partition coefficient (Wildman–Crippen LogP) is 2.22. The van der Waals surface area contributed by atoms with Crippen LogP contribution in [-0.2, 0) is 4.74 Å². The van der Waals surface area contributed by atoms with Crippen molar-refractivity contribution in [2.75, 3.05) is 37.0 Å². The molecule has 0 bridgehead atoms. The van der Waals surface area contributed by atoms with Gasteiger partial charge in [-0.2, -0.15) is 0 Å². The second-order valence-electron chi connectivity index (χ2n) is 3.43. The molecule has 0 amide bonds. The molecule has 19 heavy (non-hydrogen) atoms. The molecule has 0 spiro atoms. The monoisotopic (exact) mass is 343 g/mol. The number of rotatable bonds is 7. The second-order valence-corrected chi connectivity index (χ2v) is 4.22. The highest BCUT2D eigenvalue weighted by molar-refractivity contribution is 9.09. The Balaban J connectivity index is 2.71. The van der Waals surface area contributed by atoms with E-state index in [9.17, 15) is 13.2 Å². The zero-order valence-electron chi connectivity index (χ0n) is 10.2. The van der Waals surface area contributed by atoms with Crippen molar-refractivity contribution < 1.29 is 22.6 Å². The number of anilines is 1. The van der Waals surface area contributed by atoms with Gasteiger partial charge in [-0.3, -0.25) is 0 Å². The molecular weight excluding hydrogens is 331 g/mol. The highest BCUT2D eigenvalue weighted by atomic mass is 79.9. The van der Waals surface area contributed by atoms with E-state index in [4.69, 9.17) is 4.74 Å². The molecule has 0 aromatic carbocycles. The molecular formula is C10H13BrF3N3O2. The first-order chi connectivity index (χ1) is 8.96. The number of aromatic nitrogens is 2. The third-order valence-electron chi connectivity index (χ3n) is 2.08. The van der Waals surface area contributed by atoms with Crippen LogP contribution in [0.4, 0.5) is 19.0 Å². The number of methoxy groups -OCH3 is 1. The number of nitrogens with zero attached hydrogens (tertiary/aromatic N) is 3. The van der Waals surface area contributed by atoms with Gasteiger partial charge in [0.1, 0.15) is 5.82 Å². The third kappa shape index (κ3) is 6.06. The highest BCUT2D eigenvalue weighted by Gasteiger charge is 2.31. The minimum absolute atomic E-state index is 0.464. The zero-order chi connectivity index (χ0) is 14.3. The summed E-state index contributed by atoms with van der Waals surface area (Å²) in [6.07, 6.45) is -2.59. The summed E-state index contributed by atoms with van der Waals surface area (Å²) in [6, 6.07) is 0. The number of alkyl halides is 4. The SMILES string of the molecule is COCCN(CCBr)c1cnc(OC(F)(F)F)cn1. The van der Waals surface area contributed by atoms with Gasteiger partial charge in [-0.25, -0.2) is 9.97 Å². The summed E-state index contributed by atoms with van der Waals surface area (Å²) in [5.41, 5.74) is 0. The Labute approximate surface area is 116 Å². The lowest BCUT2D eigenvalue weighted by atomic mass is 10.4. The fourth-order valence-electron chi connectivity index (χ4n) is 1.29. The first-order valence-electron chi connectivity index (χ1n) is 5.34. The van der Waals surface area contributed by atoms with E-state index >= 15 is 0 Å². The maximum atomic E-state index is 12.0. The average molecular weight is 344 g/mol. The molecule has 108 valence electrons. The van der Waals surface area contributed by atoms with E-state index < -0.39 is 12.2 Å². The van der Waals surface area contributed by atoms with Crippen molar-refractivity contribution in [2.45, 2.75) is 6.36 Å². The molecule has 0 atom stereocenters. The predicted molar refractivity (Wildman–Crippen MR) is 66.6 cm³/mol. The first kappa shape index (κ1) is 16.0. The molecule has 1 aromatic heterocycles. The lowest BCUT2D eigenvalue weighted by Gasteiger charge is -2.22. The average Bonchev–Trinajstić information content (AvgIpc) is 2.34. The van der Waals surface area contributed by atoms with Gasteiger partial charge in [0.05, 0.1) is 19.0 Å². The zero-order valence-corrected chi connectivity index (χ0v) is 11.7.